The second kappa shape index (κ2) is 5.21. The van der Waals surface area contributed by atoms with Crippen LogP contribution in [-0.4, -0.2) is 22.8 Å². The van der Waals surface area contributed by atoms with E-state index >= 15 is 0 Å². The molecule has 1 saturated heterocycles. The number of nitrogens with zero attached hydrogens (tertiary/aromatic N) is 3. The first-order valence-electron chi connectivity index (χ1n) is 6.41. The summed E-state index contributed by atoms with van der Waals surface area (Å²) >= 11 is 6.00. The molecule has 0 saturated carbocycles. The highest BCUT2D eigenvalue weighted by Crippen LogP contribution is 2.29. The van der Waals surface area contributed by atoms with E-state index in [0.29, 0.717) is 11.2 Å². The van der Waals surface area contributed by atoms with E-state index in [2.05, 4.69) is 28.9 Å². The molecule has 0 radical (unpaired) electrons. The minimum Gasteiger partial charge on any atom is -0.352 e. The van der Waals surface area contributed by atoms with E-state index in [-0.39, 0.29) is 0 Å². The summed E-state index contributed by atoms with van der Waals surface area (Å²) < 4.78 is 0. The molecule has 1 atom stereocenters. The summed E-state index contributed by atoms with van der Waals surface area (Å²) in [7, 11) is 0. The molecule has 17 heavy (non-hydrogen) atoms. The Morgan fingerprint density at radius 1 is 1.24 bits per heavy atom. The van der Waals surface area contributed by atoms with Crippen molar-refractivity contribution < 1.29 is 0 Å². The van der Waals surface area contributed by atoms with Crippen molar-refractivity contribution in [2.45, 2.75) is 52.5 Å². The van der Waals surface area contributed by atoms with Gasteiger partial charge in [0.05, 0.1) is 0 Å². The van der Waals surface area contributed by atoms with Crippen LogP contribution in [0.3, 0.4) is 0 Å². The van der Waals surface area contributed by atoms with Crippen molar-refractivity contribution in [3.63, 3.8) is 0 Å². The van der Waals surface area contributed by atoms with Crippen molar-refractivity contribution in [3.8, 4) is 0 Å². The van der Waals surface area contributed by atoms with Gasteiger partial charge in [0.15, 0.2) is 11.0 Å². The lowest BCUT2D eigenvalue weighted by molar-refractivity contribution is 0.444. The summed E-state index contributed by atoms with van der Waals surface area (Å²) in [5, 5.41) is 8.89. The molecule has 94 valence electrons. The number of piperidine rings is 1. The number of rotatable bonds is 2. The first-order chi connectivity index (χ1) is 8.15. The molecule has 0 spiro atoms. The van der Waals surface area contributed by atoms with Crippen LogP contribution in [0.5, 0.6) is 0 Å². The Kier molecular flexibility index (Phi) is 3.87. The van der Waals surface area contributed by atoms with Gasteiger partial charge < -0.3 is 4.90 Å². The maximum atomic E-state index is 6.00. The summed E-state index contributed by atoms with van der Waals surface area (Å²) in [4.78, 5) is 2.41. The smallest absolute Gasteiger partial charge is 0.155 e. The molecule has 4 heteroatoms. The Morgan fingerprint density at radius 2 is 2.00 bits per heavy atom. The van der Waals surface area contributed by atoms with Crippen LogP contribution in [-0.2, 0) is 0 Å². The van der Waals surface area contributed by atoms with Crippen LogP contribution in [0.15, 0.2) is 0 Å². The van der Waals surface area contributed by atoms with E-state index in [1.807, 2.05) is 6.92 Å². The molecule has 1 unspecified atom stereocenters. The molecule has 1 aromatic rings. The van der Waals surface area contributed by atoms with Crippen molar-refractivity contribution in [1.29, 1.82) is 0 Å². The molecular weight excluding hydrogens is 234 g/mol. The molecule has 3 nitrogen and oxygen atoms in total. The normalized spacial score (nSPS) is 20.7. The fourth-order valence-corrected chi connectivity index (χ4v) is 2.72. The van der Waals surface area contributed by atoms with Crippen molar-refractivity contribution >= 4 is 17.4 Å². The molecule has 0 aromatic carbocycles. The van der Waals surface area contributed by atoms with E-state index in [9.17, 15) is 0 Å². The third-order valence-corrected chi connectivity index (χ3v) is 4.17. The van der Waals surface area contributed by atoms with Gasteiger partial charge in [-0.2, -0.15) is 0 Å². The number of anilines is 1. The highest BCUT2D eigenvalue weighted by atomic mass is 35.5. The number of hydrogen-bond donors (Lipinski definition) is 0. The SMILES string of the molecule is CCC1CCCCN1c1nnc(Cl)c(C)c1C. The minimum atomic E-state index is 0.524. The van der Waals surface area contributed by atoms with Gasteiger partial charge in [0.1, 0.15) is 0 Å². The predicted molar refractivity (Wildman–Crippen MR) is 71.8 cm³/mol. The molecule has 0 amide bonds. The zero-order valence-electron chi connectivity index (χ0n) is 10.8. The van der Waals surface area contributed by atoms with Gasteiger partial charge in [0.2, 0.25) is 0 Å². The van der Waals surface area contributed by atoms with Gasteiger partial charge in [-0.05, 0) is 50.7 Å². The highest BCUT2D eigenvalue weighted by molar-refractivity contribution is 6.30. The molecular formula is C13H20ClN3. The van der Waals surface area contributed by atoms with E-state index < -0.39 is 0 Å². The van der Waals surface area contributed by atoms with Gasteiger partial charge in [0, 0.05) is 12.6 Å². The van der Waals surface area contributed by atoms with Gasteiger partial charge in [-0.15, -0.1) is 10.2 Å². The Bertz CT molecular complexity index is 406. The molecule has 0 aliphatic carbocycles. The summed E-state index contributed by atoms with van der Waals surface area (Å²) in [5.41, 5.74) is 2.22. The first kappa shape index (κ1) is 12.6. The van der Waals surface area contributed by atoms with Crippen LogP contribution in [0, 0.1) is 13.8 Å². The first-order valence-corrected chi connectivity index (χ1v) is 6.79. The quantitative estimate of drug-likeness (QED) is 0.808. The molecule has 1 aliphatic rings. The van der Waals surface area contributed by atoms with Crippen molar-refractivity contribution in [3.05, 3.63) is 16.3 Å². The molecule has 1 aromatic heterocycles. The Morgan fingerprint density at radius 3 is 2.71 bits per heavy atom. The lowest BCUT2D eigenvalue weighted by Crippen LogP contribution is -2.40. The van der Waals surface area contributed by atoms with Crippen molar-refractivity contribution in [2.24, 2.45) is 0 Å². The number of hydrogen-bond acceptors (Lipinski definition) is 3. The van der Waals surface area contributed by atoms with Crippen LogP contribution < -0.4 is 4.90 Å². The fraction of sp³-hybridized carbons (Fsp3) is 0.692. The Hall–Kier alpha value is -0.830. The van der Waals surface area contributed by atoms with E-state index in [1.165, 1.54) is 31.2 Å². The molecule has 2 rings (SSSR count). The summed E-state index contributed by atoms with van der Waals surface area (Å²) in [6.07, 6.45) is 5.01. The van der Waals surface area contributed by atoms with E-state index in [1.54, 1.807) is 0 Å². The van der Waals surface area contributed by atoms with Crippen LogP contribution in [0.1, 0.15) is 43.7 Å². The highest BCUT2D eigenvalue weighted by Gasteiger charge is 2.24. The average molecular weight is 254 g/mol. The fourth-order valence-electron chi connectivity index (χ4n) is 2.54. The average Bonchev–Trinajstić information content (AvgIpc) is 2.36. The summed E-state index contributed by atoms with van der Waals surface area (Å²) in [6.45, 7) is 7.44. The molecule has 0 bridgehead atoms. The van der Waals surface area contributed by atoms with Crippen LogP contribution in [0.25, 0.3) is 0 Å². The van der Waals surface area contributed by atoms with Crippen LogP contribution in [0.4, 0.5) is 5.82 Å². The lowest BCUT2D eigenvalue weighted by atomic mass is 9.99. The summed E-state index contributed by atoms with van der Waals surface area (Å²) in [6, 6.07) is 0.609. The van der Waals surface area contributed by atoms with Gasteiger partial charge in [-0.25, -0.2) is 0 Å². The standard InChI is InChI=1S/C13H20ClN3/c1-4-11-7-5-6-8-17(11)13-10(3)9(2)12(14)15-16-13/h11H,4-8H2,1-3H3. The van der Waals surface area contributed by atoms with Crippen molar-refractivity contribution in [1.82, 2.24) is 10.2 Å². The van der Waals surface area contributed by atoms with Gasteiger partial charge >= 0.3 is 0 Å². The van der Waals surface area contributed by atoms with Gasteiger partial charge in [0.25, 0.3) is 0 Å². The Balaban J connectivity index is 2.35. The van der Waals surface area contributed by atoms with Crippen LogP contribution >= 0.6 is 11.6 Å². The zero-order valence-corrected chi connectivity index (χ0v) is 11.6. The zero-order chi connectivity index (χ0) is 12.4. The maximum absolute atomic E-state index is 6.00. The third-order valence-electron chi connectivity index (χ3n) is 3.81. The molecule has 0 N–H and O–H groups in total. The van der Waals surface area contributed by atoms with Crippen molar-refractivity contribution in [2.75, 3.05) is 11.4 Å². The predicted octanol–water partition coefficient (Wildman–Crippen LogP) is 3.52. The van der Waals surface area contributed by atoms with E-state index in [4.69, 9.17) is 11.6 Å². The second-order valence-electron chi connectivity index (χ2n) is 4.82. The second-order valence-corrected chi connectivity index (χ2v) is 5.17. The molecule has 1 fully saturated rings. The molecule has 2 heterocycles. The topological polar surface area (TPSA) is 29.0 Å². The largest absolute Gasteiger partial charge is 0.352 e. The number of halogens is 1. The van der Waals surface area contributed by atoms with Gasteiger partial charge in [-0.1, -0.05) is 18.5 Å². The van der Waals surface area contributed by atoms with Crippen LogP contribution in [0.2, 0.25) is 5.15 Å². The number of aromatic nitrogens is 2. The maximum Gasteiger partial charge on any atom is 0.155 e. The monoisotopic (exact) mass is 253 g/mol. The van der Waals surface area contributed by atoms with Gasteiger partial charge in [-0.3, -0.25) is 0 Å². The Labute approximate surface area is 108 Å². The minimum absolute atomic E-state index is 0.524. The lowest BCUT2D eigenvalue weighted by Gasteiger charge is -2.36. The molecule has 1 aliphatic heterocycles. The summed E-state index contributed by atoms with van der Waals surface area (Å²) in [5.74, 6) is 1.03. The third kappa shape index (κ3) is 2.39. The van der Waals surface area contributed by atoms with E-state index in [0.717, 1.165) is 17.9 Å².